The van der Waals surface area contributed by atoms with Crippen LogP contribution in [0, 0.1) is 23.2 Å². The van der Waals surface area contributed by atoms with Crippen LogP contribution >= 0.6 is 0 Å². The minimum Gasteiger partial charge on any atom is -0.428 e. The van der Waals surface area contributed by atoms with Crippen LogP contribution in [-0.4, -0.2) is 61.1 Å². The Labute approximate surface area is 206 Å². The van der Waals surface area contributed by atoms with Crippen molar-refractivity contribution in [1.82, 2.24) is 10.2 Å². The predicted molar refractivity (Wildman–Crippen MR) is 120 cm³/mol. The molecule has 4 bridgehead atoms. The van der Waals surface area contributed by atoms with Crippen molar-refractivity contribution in [3.05, 3.63) is 29.8 Å². The van der Waals surface area contributed by atoms with E-state index in [1.807, 2.05) is 4.90 Å². The van der Waals surface area contributed by atoms with Gasteiger partial charge in [0.1, 0.15) is 11.9 Å². The molecule has 6 rings (SSSR count). The zero-order valence-electron chi connectivity index (χ0n) is 19.8. The monoisotopic (exact) mass is 513 g/mol. The highest BCUT2D eigenvalue weighted by Crippen LogP contribution is 2.59. The molecule has 5 aliphatic rings. The van der Waals surface area contributed by atoms with E-state index in [-0.39, 0.29) is 35.4 Å². The number of ether oxygens (including phenoxy) is 2. The molecule has 3 atom stereocenters. The molecule has 4 aliphatic carbocycles. The molecule has 5 fully saturated rings. The number of rotatable bonds is 8. The van der Waals surface area contributed by atoms with E-state index in [1.54, 1.807) is 0 Å². The van der Waals surface area contributed by atoms with Crippen molar-refractivity contribution in [2.75, 3.05) is 19.7 Å². The molecule has 36 heavy (non-hydrogen) atoms. The van der Waals surface area contributed by atoms with Crippen molar-refractivity contribution in [1.29, 1.82) is 0 Å². The number of nitrogens with one attached hydrogen (secondary N) is 1. The van der Waals surface area contributed by atoms with Crippen LogP contribution in [0.5, 0.6) is 5.75 Å². The van der Waals surface area contributed by atoms with E-state index in [2.05, 4.69) is 10.1 Å². The zero-order valence-corrected chi connectivity index (χ0v) is 19.8. The highest BCUT2D eigenvalue weighted by atomic mass is 19.3. The summed E-state index contributed by atoms with van der Waals surface area (Å²) in [5, 5.41) is 3.22. The molecule has 0 spiro atoms. The van der Waals surface area contributed by atoms with Crippen LogP contribution in [-0.2, 0) is 20.9 Å². The van der Waals surface area contributed by atoms with Gasteiger partial charge in [0.15, 0.2) is 0 Å². The number of benzene rings is 1. The largest absolute Gasteiger partial charge is 0.461 e. The van der Waals surface area contributed by atoms with E-state index in [0.717, 1.165) is 37.7 Å². The van der Waals surface area contributed by atoms with E-state index in [1.165, 1.54) is 24.3 Å². The molecule has 3 N–H and O–H groups in total. The number of halogens is 4. The third-order valence-corrected chi connectivity index (χ3v) is 8.39. The number of carbonyl (C=O) groups is 2. The molecule has 1 aliphatic heterocycles. The summed E-state index contributed by atoms with van der Waals surface area (Å²) in [7, 11) is 0. The fourth-order valence-corrected chi connectivity index (χ4v) is 6.95. The number of nitrogens with two attached hydrogens (primary N) is 1. The first kappa shape index (κ1) is 25.3. The number of alkyl halides is 4. The van der Waals surface area contributed by atoms with E-state index >= 15 is 0 Å². The Balaban J connectivity index is 1.15. The average molecular weight is 514 g/mol. The molecule has 7 nitrogen and oxygen atoms in total. The summed E-state index contributed by atoms with van der Waals surface area (Å²) in [6.07, 6.45) is -4.75. The molecule has 0 aromatic heterocycles. The highest BCUT2D eigenvalue weighted by molar-refractivity contribution is 5.83. The first-order chi connectivity index (χ1) is 17.0. The molecule has 0 radical (unpaired) electrons. The lowest BCUT2D eigenvalue weighted by molar-refractivity contribution is -0.253. The van der Waals surface area contributed by atoms with Crippen molar-refractivity contribution in [3.8, 4) is 5.75 Å². The number of hydrogen-bond donors (Lipinski definition) is 2. The van der Waals surface area contributed by atoms with Gasteiger partial charge in [0.05, 0.1) is 6.61 Å². The van der Waals surface area contributed by atoms with Crippen molar-refractivity contribution in [2.24, 2.45) is 28.9 Å². The molecular weight excluding hydrogens is 482 g/mol. The van der Waals surface area contributed by atoms with Crippen LogP contribution in [0.2, 0.25) is 0 Å². The SMILES string of the molecule is NC(=O)C12CC3CC(C1)C(NC(=O)[C@H]1CN(Cc4ccc(OC(F)(F)C(F)F)cc4)CCO1)C(C3)C2. The van der Waals surface area contributed by atoms with Crippen molar-refractivity contribution >= 4 is 11.8 Å². The summed E-state index contributed by atoms with van der Waals surface area (Å²) in [6.45, 7) is 1.76. The number of carbonyl (C=O) groups excluding carboxylic acids is 2. The van der Waals surface area contributed by atoms with Gasteiger partial charge in [-0.3, -0.25) is 14.5 Å². The first-order valence-corrected chi connectivity index (χ1v) is 12.4. The van der Waals surface area contributed by atoms with Gasteiger partial charge in [-0.2, -0.15) is 17.6 Å². The summed E-state index contributed by atoms with van der Waals surface area (Å²) in [5.41, 5.74) is 6.11. The lowest BCUT2D eigenvalue weighted by Gasteiger charge is -2.59. The van der Waals surface area contributed by atoms with E-state index < -0.39 is 24.1 Å². The Bertz CT molecular complexity index is 976. The van der Waals surface area contributed by atoms with Crippen molar-refractivity contribution in [3.63, 3.8) is 0 Å². The van der Waals surface area contributed by atoms with Gasteiger partial charge in [-0.15, -0.1) is 0 Å². The first-order valence-electron chi connectivity index (χ1n) is 12.4. The molecule has 2 amide bonds. The van der Waals surface area contributed by atoms with Gasteiger partial charge in [-0.25, -0.2) is 0 Å². The molecule has 1 heterocycles. The average Bonchev–Trinajstić information content (AvgIpc) is 2.82. The number of primary amides is 1. The molecule has 1 aromatic rings. The van der Waals surface area contributed by atoms with E-state index in [0.29, 0.717) is 32.2 Å². The number of hydrogen-bond acceptors (Lipinski definition) is 5. The predicted octanol–water partition coefficient (Wildman–Crippen LogP) is 2.92. The fraction of sp³-hybridized carbons (Fsp3) is 0.680. The molecule has 198 valence electrons. The second kappa shape index (κ2) is 9.48. The smallest absolute Gasteiger partial charge is 0.428 e. The normalized spacial score (nSPS) is 34.1. The van der Waals surface area contributed by atoms with Gasteiger partial charge in [-0.1, -0.05) is 12.1 Å². The Morgan fingerprint density at radius 2 is 1.83 bits per heavy atom. The maximum Gasteiger partial charge on any atom is 0.461 e. The van der Waals surface area contributed by atoms with Crippen LogP contribution in [0.15, 0.2) is 24.3 Å². The summed E-state index contributed by atoms with van der Waals surface area (Å²) in [4.78, 5) is 27.3. The Kier molecular flexibility index (Phi) is 6.65. The van der Waals surface area contributed by atoms with E-state index in [9.17, 15) is 27.2 Å². The van der Waals surface area contributed by atoms with Gasteiger partial charge < -0.3 is 20.5 Å². The van der Waals surface area contributed by atoms with Crippen molar-refractivity contribution in [2.45, 2.75) is 63.3 Å². The number of amides is 2. The fourth-order valence-electron chi connectivity index (χ4n) is 6.95. The highest BCUT2D eigenvalue weighted by Gasteiger charge is 2.58. The minimum atomic E-state index is -4.55. The Morgan fingerprint density at radius 3 is 2.44 bits per heavy atom. The van der Waals surface area contributed by atoms with Gasteiger partial charge >= 0.3 is 12.5 Å². The van der Waals surface area contributed by atoms with Crippen LogP contribution in [0.3, 0.4) is 0 Å². The van der Waals surface area contributed by atoms with Gasteiger partial charge in [0, 0.05) is 31.1 Å². The molecular formula is C25H31F4N3O4. The number of morpholine rings is 1. The lowest BCUT2D eigenvalue weighted by Crippen LogP contribution is -2.63. The maximum atomic E-state index is 13.1. The van der Waals surface area contributed by atoms with Gasteiger partial charge in [0.25, 0.3) is 5.91 Å². The molecule has 1 aromatic carbocycles. The lowest BCUT2D eigenvalue weighted by atomic mass is 9.47. The number of nitrogens with zero attached hydrogens (tertiary/aromatic N) is 1. The van der Waals surface area contributed by atoms with Crippen LogP contribution in [0.25, 0.3) is 0 Å². The Hall–Kier alpha value is -2.40. The van der Waals surface area contributed by atoms with E-state index in [4.69, 9.17) is 10.5 Å². The van der Waals surface area contributed by atoms with Gasteiger partial charge in [-0.05, 0) is 67.6 Å². The summed E-state index contributed by atoms with van der Waals surface area (Å²) < 4.78 is 60.7. The Morgan fingerprint density at radius 1 is 1.17 bits per heavy atom. The van der Waals surface area contributed by atoms with Crippen LogP contribution in [0.1, 0.15) is 37.7 Å². The maximum absolute atomic E-state index is 13.1. The van der Waals surface area contributed by atoms with Crippen molar-refractivity contribution < 1.29 is 36.6 Å². The topological polar surface area (TPSA) is 93.9 Å². The third kappa shape index (κ3) is 4.91. The summed E-state index contributed by atoms with van der Waals surface area (Å²) >= 11 is 0. The second-order valence-corrected chi connectivity index (χ2v) is 10.9. The zero-order chi connectivity index (χ0) is 25.7. The third-order valence-electron chi connectivity index (χ3n) is 8.39. The summed E-state index contributed by atoms with van der Waals surface area (Å²) in [5.74, 6) is 0.291. The standard InChI is InChI=1S/C25H31F4N3O4/c26-22(27)25(28,29)36-18-3-1-14(2-4-18)12-32-5-6-35-19(13-32)21(33)31-20-16-7-15-8-17(20)11-24(9-15,10-16)23(30)34/h1-4,15-17,19-20,22H,5-13H2,(H2,30,34)(H,31,33)/t15?,16?,17?,19-,20?,24?/m1/s1. The van der Waals surface area contributed by atoms with Crippen LogP contribution < -0.4 is 15.8 Å². The molecule has 4 saturated carbocycles. The molecule has 1 saturated heterocycles. The van der Waals surface area contributed by atoms with Crippen LogP contribution in [0.4, 0.5) is 17.6 Å². The minimum absolute atomic E-state index is 0.0272. The quantitative estimate of drug-likeness (QED) is 0.522. The van der Waals surface area contributed by atoms with Gasteiger partial charge in [0.2, 0.25) is 5.91 Å². The second-order valence-electron chi connectivity index (χ2n) is 10.9. The molecule has 2 unspecified atom stereocenters. The summed E-state index contributed by atoms with van der Waals surface area (Å²) in [6, 6.07) is 5.54. The molecule has 11 heteroatoms.